The van der Waals surface area contributed by atoms with E-state index in [9.17, 15) is 5.21 Å². The summed E-state index contributed by atoms with van der Waals surface area (Å²) in [5, 5.41) is 14.0. The Morgan fingerprint density at radius 2 is 2.19 bits per heavy atom. The van der Waals surface area contributed by atoms with Gasteiger partial charge in [-0.05, 0) is 43.1 Å². The number of nitrogens with zero attached hydrogens (tertiary/aromatic N) is 1. The summed E-state index contributed by atoms with van der Waals surface area (Å²) in [5.74, 6) is 0. The number of hydroxylamine groups is 2. The van der Waals surface area contributed by atoms with Gasteiger partial charge in [0.15, 0.2) is 0 Å². The lowest BCUT2D eigenvalue weighted by Gasteiger charge is -2.24. The van der Waals surface area contributed by atoms with Crippen LogP contribution in [0.4, 0.5) is 0 Å². The SMILES string of the molecule is CNCCCC1=CN(O)Cc2ccccc21. The van der Waals surface area contributed by atoms with Gasteiger partial charge in [-0.15, -0.1) is 0 Å². The number of fused-ring (bicyclic) bond motifs is 1. The molecular formula is C13H18N2O. The summed E-state index contributed by atoms with van der Waals surface area (Å²) in [7, 11) is 1.96. The second-order valence-electron chi connectivity index (χ2n) is 4.12. The molecule has 1 aliphatic heterocycles. The van der Waals surface area contributed by atoms with Gasteiger partial charge in [-0.3, -0.25) is 10.3 Å². The van der Waals surface area contributed by atoms with Crippen LogP contribution in [0.2, 0.25) is 0 Å². The average Bonchev–Trinajstić information content (AvgIpc) is 2.29. The van der Waals surface area contributed by atoms with Crippen molar-refractivity contribution in [1.82, 2.24) is 10.4 Å². The first-order valence-corrected chi connectivity index (χ1v) is 5.70. The molecule has 0 aliphatic carbocycles. The minimum Gasteiger partial charge on any atom is -0.320 e. The monoisotopic (exact) mass is 218 g/mol. The Balaban J connectivity index is 2.16. The number of rotatable bonds is 4. The molecule has 0 spiro atoms. The molecule has 0 atom stereocenters. The summed E-state index contributed by atoms with van der Waals surface area (Å²) < 4.78 is 0. The maximum absolute atomic E-state index is 9.62. The van der Waals surface area contributed by atoms with E-state index in [0.717, 1.165) is 19.4 Å². The third-order valence-corrected chi connectivity index (χ3v) is 2.87. The summed E-state index contributed by atoms with van der Waals surface area (Å²) in [6, 6.07) is 8.28. The first-order valence-electron chi connectivity index (χ1n) is 5.70. The van der Waals surface area contributed by atoms with Crippen molar-refractivity contribution in [1.29, 1.82) is 0 Å². The van der Waals surface area contributed by atoms with Crippen LogP contribution < -0.4 is 5.32 Å². The van der Waals surface area contributed by atoms with Crippen molar-refractivity contribution >= 4 is 5.57 Å². The van der Waals surface area contributed by atoms with Crippen molar-refractivity contribution in [3.63, 3.8) is 0 Å². The van der Waals surface area contributed by atoms with Gasteiger partial charge in [0, 0.05) is 6.20 Å². The van der Waals surface area contributed by atoms with Crippen LogP contribution in [0.1, 0.15) is 24.0 Å². The highest BCUT2D eigenvalue weighted by Gasteiger charge is 2.14. The third kappa shape index (κ3) is 2.43. The highest BCUT2D eigenvalue weighted by molar-refractivity contribution is 5.69. The second kappa shape index (κ2) is 5.14. The normalized spacial score (nSPS) is 14.6. The summed E-state index contributed by atoms with van der Waals surface area (Å²) >= 11 is 0. The van der Waals surface area contributed by atoms with Crippen molar-refractivity contribution in [3.8, 4) is 0 Å². The quantitative estimate of drug-likeness (QED) is 0.761. The van der Waals surface area contributed by atoms with Crippen molar-refractivity contribution < 1.29 is 5.21 Å². The number of hydrogen-bond acceptors (Lipinski definition) is 3. The molecule has 2 N–H and O–H groups in total. The molecule has 0 amide bonds. The fourth-order valence-corrected chi connectivity index (χ4v) is 2.10. The molecule has 2 rings (SSSR count). The van der Waals surface area contributed by atoms with Crippen LogP contribution in [0.5, 0.6) is 0 Å². The number of benzene rings is 1. The lowest BCUT2D eigenvalue weighted by Crippen LogP contribution is -2.18. The highest BCUT2D eigenvalue weighted by atomic mass is 16.5. The molecule has 0 saturated heterocycles. The van der Waals surface area contributed by atoms with Crippen LogP contribution in [0.3, 0.4) is 0 Å². The zero-order valence-corrected chi connectivity index (χ0v) is 9.61. The van der Waals surface area contributed by atoms with Gasteiger partial charge in [0.25, 0.3) is 0 Å². The molecule has 0 aromatic heterocycles. The first-order chi connectivity index (χ1) is 7.81. The van der Waals surface area contributed by atoms with Gasteiger partial charge < -0.3 is 5.32 Å². The van der Waals surface area contributed by atoms with E-state index >= 15 is 0 Å². The van der Waals surface area contributed by atoms with Crippen LogP contribution in [-0.2, 0) is 6.54 Å². The number of allylic oxidation sites excluding steroid dienone is 1. The largest absolute Gasteiger partial charge is 0.320 e. The molecule has 3 heteroatoms. The van der Waals surface area contributed by atoms with Crippen molar-refractivity contribution in [2.75, 3.05) is 13.6 Å². The number of hydrogen-bond donors (Lipinski definition) is 2. The van der Waals surface area contributed by atoms with Crippen LogP contribution in [0, 0.1) is 0 Å². The predicted octanol–water partition coefficient (Wildman–Crippen LogP) is 2.23. The van der Waals surface area contributed by atoms with E-state index in [4.69, 9.17) is 0 Å². The molecule has 0 unspecified atom stereocenters. The Morgan fingerprint density at radius 3 is 3.00 bits per heavy atom. The Kier molecular flexibility index (Phi) is 3.59. The zero-order chi connectivity index (χ0) is 11.4. The van der Waals surface area contributed by atoms with Crippen LogP contribution in [-0.4, -0.2) is 23.9 Å². The summed E-state index contributed by atoms with van der Waals surface area (Å²) in [6.07, 6.45) is 3.93. The van der Waals surface area contributed by atoms with E-state index < -0.39 is 0 Å². The molecular weight excluding hydrogens is 200 g/mol. The van der Waals surface area contributed by atoms with Gasteiger partial charge in [0.2, 0.25) is 0 Å². The fraction of sp³-hybridized carbons (Fsp3) is 0.385. The molecule has 0 saturated carbocycles. The second-order valence-corrected chi connectivity index (χ2v) is 4.12. The Hall–Kier alpha value is -1.32. The Bertz CT molecular complexity index is 387. The van der Waals surface area contributed by atoms with Gasteiger partial charge in [0.05, 0.1) is 6.54 Å². The van der Waals surface area contributed by atoms with Crippen molar-refractivity contribution in [3.05, 3.63) is 41.6 Å². The van der Waals surface area contributed by atoms with Crippen LogP contribution >= 0.6 is 0 Å². The first kappa shape index (κ1) is 11.2. The maximum Gasteiger partial charge on any atom is 0.0702 e. The van der Waals surface area contributed by atoms with Crippen molar-refractivity contribution in [2.24, 2.45) is 0 Å². The van der Waals surface area contributed by atoms with E-state index in [2.05, 4.69) is 23.5 Å². The summed E-state index contributed by atoms with van der Waals surface area (Å²) in [4.78, 5) is 0. The minimum atomic E-state index is 0.589. The third-order valence-electron chi connectivity index (χ3n) is 2.87. The van der Waals surface area contributed by atoms with Crippen LogP contribution in [0.25, 0.3) is 5.57 Å². The van der Waals surface area contributed by atoms with E-state index in [1.807, 2.05) is 19.3 Å². The molecule has 1 aromatic carbocycles. The van der Waals surface area contributed by atoms with E-state index in [1.165, 1.54) is 21.8 Å². The molecule has 1 aromatic rings. The highest BCUT2D eigenvalue weighted by Crippen LogP contribution is 2.28. The molecule has 0 radical (unpaired) electrons. The standard InChI is InChI=1S/C13H18N2O/c1-14-8-4-6-12-10-15(16)9-11-5-2-3-7-13(11)12/h2-3,5,7,10,14,16H,4,6,8-9H2,1H3. The smallest absolute Gasteiger partial charge is 0.0702 e. The molecule has 1 heterocycles. The Labute approximate surface area is 96.3 Å². The molecule has 1 aliphatic rings. The molecule has 0 bridgehead atoms. The van der Waals surface area contributed by atoms with Gasteiger partial charge in [0.1, 0.15) is 0 Å². The molecule has 16 heavy (non-hydrogen) atoms. The lowest BCUT2D eigenvalue weighted by atomic mass is 9.94. The van der Waals surface area contributed by atoms with Crippen molar-refractivity contribution in [2.45, 2.75) is 19.4 Å². The van der Waals surface area contributed by atoms with Crippen LogP contribution in [0.15, 0.2) is 30.5 Å². The number of nitrogens with one attached hydrogen (secondary N) is 1. The van der Waals surface area contributed by atoms with E-state index in [1.54, 1.807) is 0 Å². The fourth-order valence-electron chi connectivity index (χ4n) is 2.10. The van der Waals surface area contributed by atoms with Gasteiger partial charge in [-0.1, -0.05) is 24.3 Å². The molecule has 86 valence electrons. The zero-order valence-electron chi connectivity index (χ0n) is 9.61. The lowest BCUT2D eigenvalue weighted by molar-refractivity contribution is -0.0502. The molecule has 0 fully saturated rings. The van der Waals surface area contributed by atoms with Gasteiger partial charge >= 0.3 is 0 Å². The predicted molar refractivity (Wildman–Crippen MR) is 64.9 cm³/mol. The van der Waals surface area contributed by atoms with Gasteiger partial charge in [-0.2, -0.15) is 0 Å². The van der Waals surface area contributed by atoms with E-state index in [-0.39, 0.29) is 0 Å². The average molecular weight is 218 g/mol. The topological polar surface area (TPSA) is 35.5 Å². The summed E-state index contributed by atoms with van der Waals surface area (Å²) in [5.41, 5.74) is 3.70. The Morgan fingerprint density at radius 1 is 1.38 bits per heavy atom. The maximum atomic E-state index is 9.62. The molecule has 3 nitrogen and oxygen atoms in total. The minimum absolute atomic E-state index is 0.589. The van der Waals surface area contributed by atoms with E-state index in [0.29, 0.717) is 6.54 Å². The van der Waals surface area contributed by atoms with Gasteiger partial charge in [-0.25, -0.2) is 0 Å². The summed E-state index contributed by atoms with van der Waals surface area (Å²) in [6.45, 7) is 1.59.